The summed E-state index contributed by atoms with van der Waals surface area (Å²) in [5.41, 5.74) is 3.87. The Morgan fingerprint density at radius 2 is 2.07 bits per heavy atom. The molecule has 1 aliphatic heterocycles. The minimum atomic E-state index is 0.477. The van der Waals surface area contributed by atoms with Crippen molar-refractivity contribution in [3.8, 4) is 0 Å². The first-order valence-corrected chi connectivity index (χ1v) is 5.30. The zero-order valence-electron chi connectivity index (χ0n) is 9.75. The molecule has 1 aliphatic rings. The first-order valence-electron chi connectivity index (χ1n) is 5.30. The molecule has 0 spiro atoms. The molecule has 1 rings (SSSR count). The lowest BCUT2D eigenvalue weighted by atomic mass is 10.0. The summed E-state index contributed by atoms with van der Waals surface area (Å²) in [5.74, 6) is 0.477. The van der Waals surface area contributed by atoms with Gasteiger partial charge in [0, 0.05) is 17.3 Å². The monoisotopic (exact) mass is 201 g/mol. The summed E-state index contributed by atoms with van der Waals surface area (Å²) in [6.45, 7) is 10.1. The van der Waals surface area contributed by atoms with Gasteiger partial charge in [0.1, 0.15) is 0 Å². The Bertz CT molecular complexity index is 354. The maximum Gasteiger partial charge on any atom is 0.0374 e. The van der Waals surface area contributed by atoms with Crippen molar-refractivity contribution < 1.29 is 0 Å². The smallest absolute Gasteiger partial charge is 0.0374 e. The van der Waals surface area contributed by atoms with Crippen LogP contribution in [0.4, 0.5) is 0 Å². The molecule has 0 amide bonds. The maximum atomic E-state index is 3.65. The molecule has 0 radical (unpaired) electrons. The predicted octanol–water partition coefficient (Wildman–Crippen LogP) is 3.70. The lowest BCUT2D eigenvalue weighted by Gasteiger charge is -2.05. The average Bonchev–Trinajstić information content (AvgIpc) is 2.48. The molecule has 1 nitrogen and oxygen atoms in total. The van der Waals surface area contributed by atoms with Crippen LogP contribution in [0.5, 0.6) is 0 Å². The van der Waals surface area contributed by atoms with E-state index in [0.717, 1.165) is 0 Å². The molecule has 0 aromatic heterocycles. The van der Waals surface area contributed by atoms with Crippen LogP contribution in [0.2, 0.25) is 0 Å². The Balaban J connectivity index is 2.83. The van der Waals surface area contributed by atoms with Gasteiger partial charge in [-0.2, -0.15) is 0 Å². The fourth-order valence-corrected chi connectivity index (χ4v) is 1.59. The number of nitrogens with one attached hydrogen (secondary N) is 1. The molecule has 0 fully saturated rings. The topological polar surface area (TPSA) is 12.0 Å². The maximum absolute atomic E-state index is 3.65. The normalized spacial score (nSPS) is 24.5. The van der Waals surface area contributed by atoms with E-state index < -0.39 is 0 Å². The molecule has 0 aliphatic carbocycles. The van der Waals surface area contributed by atoms with Gasteiger partial charge in [-0.3, -0.25) is 0 Å². The summed E-state index contributed by atoms with van der Waals surface area (Å²) in [5, 5.41) is 3.42. The number of hydrogen-bond acceptors (Lipinski definition) is 1. The first-order chi connectivity index (χ1) is 7.20. The molecule has 1 N–H and O–H groups in total. The second kappa shape index (κ2) is 5.40. The van der Waals surface area contributed by atoms with Crippen molar-refractivity contribution in [1.82, 2.24) is 5.32 Å². The summed E-state index contributed by atoms with van der Waals surface area (Å²) in [4.78, 5) is 0. The predicted molar refractivity (Wildman–Crippen MR) is 67.2 cm³/mol. The second-order valence-corrected chi connectivity index (χ2v) is 3.69. The van der Waals surface area contributed by atoms with Gasteiger partial charge in [-0.05, 0) is 31.6 Å². The Morgan fingerprint density at radius 1 is 1.33 bits per heavy atom. The van der Waals surface area contributed by atoms with E-state index in [1.807, 2.05) is 19.1 Å². The Hall–Kier alpha value is -1.50. The van der Waals surface area contributed by atoms with Crippen LogP contribution in [-0.4, -0.2) is 0 Å². The number of rotatable bonds is 3. The highest BCUT2D eigenvalue weighted by molar-refractivity contribution is 5.39. The van der Waals surface area contributed by atoms with Crippen LogP contribution in [0.25, 0.3) is 0 Å². The molecule has 0 saturated heterocycles. The third-order valence-corrected chi connectivity index (χ3v) is 2.68. The summed E-state index contributed by atoms with van der Waals surface area (Å²) >= 11 is 0. The van der Waals surface area contributed by atoms with Gasteiger partial charge in [0.25, 0.3) is 0 Å². The first kappa shape index (κ1) is 11.6. The molecule has 0 saturated carbocycles. The molecule has 15 heavy (non-hydrogen) atoms. The molecule has 0 unspecified atom stereocenters. The zero-order chi connectivity index (χ0) is 11.3. The van der Waals surface area contributed by atoms with Gasteiger partial charge in [-0.15, -0.1) is 0 Å². The van der Waals surface area contributed by atoms with Crippen molar-refractivity contribution in [1.29, 1.82) is 0 Å². The molecule has 80 valence electrons. The van der Waals surface area contributed by atoms with Gasteiger partial charge in [-0.25, -0.2) is 0 Å². The summed E-state index contributed by atoms with van der Waals surface area (Å²) < 4.78 is 0. The minimum absolute atomic E-state index is 0.477. The van der Waals surface area contributed by atoms with E-state index in [1.54, 1.807) is 6.08 Å². The fraction of sp³-hybridized carbons (Fsp3) is 0.286. The quantitative estimate of drug-likeness (QED) is 0.686. The van der Waals surface area contributed by atoms with E-state index in [0.29, 0.717) is 5.92 Å². The summed E-state index contributed by atoms with van der Waals surface area (Å²) in [7, 11) is 0. The minimum Gasteiger partial charge on any atom is -0.358 e. The van der Waals surface area contributed by atoms with Gasteiger partial charge >= 0.3 is 0 Å². The standard InChI is InChI=1S/C14H19N/c1-5-7-8-10-14-12(4)11(3)13(15-14)9-6-2/h5-10,12,15H,1H2,2-4H3/b8-7-,9-6-,14-10+/t12-/m0/s1. The van der Waals surface area contributed by atoms with Crippen LogP contribution in [0.15, 0.2) is 60.0 Å². The van der Waals surface area contributed by atoms with E-state index in [1.165, 1.54) is 17.0 Å². The van der Waals surface area contributed by atoms with Gasteiger partial charge < -0.3 is 5.32 Å². The van der Waals surface area contributed by atoms with E-state index in [4.69, 9.17) is 0 Å². The summed E-state index contributed by atoms with van der Waals surface area (Å²) in [6, 6.07) is 0. The van der Waals surface area contributed by atoms with Crippen LogP contribution in [0.3, 0.4) is 0 Å². The number of hydrogen-bond donors (Lipinski definition) is 1. The molecule has 0 bridgehead atoms. The second-order valence-electron chi connectivity index (χ2n) is 3.69. The van der Waals surface area contributed by atoms with Crippen LogP contribution in [0, 0.1) is 5.92 Å². The van der Waals surface area contributed by atoms with Crippen molar-refractivity contribution in [3.63, 3.8) is 0 Å². The molecule has 1 heterocycles. The molecular weight excluding hydrogens is 182 g/mol. The van der Waals surface area contributed by atoms with Crippen molar-refractivity contribution in [2.24, 2.45) is 5.92 Å². The van der Waals surface area contributed by atoms with Gasteiger partial charge in [0.2, 0.25) is 0 Å². The SMILES string of the molecule is C=C/C=C\C=C1\NC(/C=C\C)=C(C)[C@@H]1C. The van der Waals surface area contributed by atoms with Crippen LogP contribution in [-0.2, 0) is 0 Å². The highest BCUT2D eigenvalue weighted by atomic mass is 14.9. The Kier molecular flexibility index (Phi) is 4.17. The van der Waals surface area contributed by atoms with Crippen molar-refractivity contribution in [3.05, 3.63) is 60.0 Å². The van der Waals surface area contributed by atoms with Crippen molar-refractivity contribution in [2.75, 3.05) is 0 Å². The van der Waals surface area contributed by atoms with Gasteiger partial charge in [0.05, 0.1) is 0 Å². The van der Waals surface area contributed by atoms with E-state index >= 15 is 0 Å². The Labute approximate surface area is 92.6 Å². The molecular formula is C14H19N. The third kappa shape index (κ3) is 2.72. The highest BCUT2D eigenvalue weighted by Gasteiger charge is 2.20. The molecule has 0 aromatic carbocycles. The van der Waals surface area contributed by atoms with Crippen LogP contribution < -0.4 is 5.32 Å². The largest absolute Gasteiger partial charge is 0.358 e. The Morgan fingerprint density at radius 3 is 2.67 bits per heavy atom. The highest BCUT2D eigenvalue weighted by Crippen LogP contribution is 2.28. The van der Waals surface area contributed by atoms with Gasteiger partial charge in [0.15, 0.2) is 0 Å². The number of allylic oxidation sites excluding steroid dienone is 7. The lowest BCUT2D eigenvalue weighted by Crippen LogP contribution is -2.07. The summed E-state index contributed by atoms with van der Waals surface area (Å²) in [6.07, 6.45) is 12.0. The third-order valence-electron chi connectivity index (χ3n) is 2.68. The van der Waals surface area contributed by atoms with E-state index in [-0.39, 0.29) is 0 Å². The average molecular weight is 201 g/mol. The van der Waals surface area contributed by atoms with Gasteiger partial charge in [-0.1, -0.05) is 37.8 Å². The van der Waals surface area contributed by atoms with Crippen molar-refractivity contribution in [2.45, 2.75) is 20.8 Å². The zero-order valence-corrected chi connectivity index (χ0v) is 9.75. The van der Waals surface area contributed by atoms with E-state index in [9.17, 15) is 0 Å². The molecule has 0 aromatic rings. The lowest BCUT2D eigenvalue weighted by molar-refractivity contribution is 0.803. The van der Waals surface area contributed by atoms with Crippen LogP contribution in [0.1, 0.15) is 20.8 Å². The fourth-order valence-electron chi connectivity index (χ4n) is 1.59. The molecule has 1 heteroatoms. The van der Waals surface area contributed by atoms with Crippen LogP contribution >= 0.6 is 0 Å². The molecule has 1 atom stereocenters. The van der Waals surface area contributed by atoms with Crippen molar-refractivity contribution >= 4 is 0 Å². The van der Waals surface area contributed by atoms with E-state index in [2.05, 4.69) is 44.0 Å².